The molecule has 3 aliphatic rings. The van der Waals surface area contributed by atoms with Gasteiger partial charge >= 0.3 is 5.97 Å². The van der Waals surface area contributed by atoms with Crippen molar-refractivity contribution in [3.8, 4) is 0 Å². The van der Waals surface area contributed by atoms with Crippen molar-refractivity contribution < 1.29 is 9.53 Å². The summed E-state index contributed by atoms with van der Waals surface area (Å²) < 4.78 is 4.99. The third kappa shape index (κ3) is 1.35. The van der Waals surface area contributed by atoms with E-state index in [-0.39, 0.29) is 5.97 Å². The summed E-state index contributed by atoms with van der Waals surface area (Å²) in [6.45, 7) is 4.11. The topological polar surface area (TPSA) is 55.6 Å². The smallest absolute Gasteiger partial charge is 0.356 e. The zero-order valence-corrected chi connectivity index (χ0v) is 8.45. The number of rotatable bonds is 2. The number of hydrogen-bond acceptors (Lipinski definition) is 4. The molecule has 0 spiro atoms. The van der Waals surface area contributed by atoms with Crippen molar-refractivity contribution in [3.05, 3.63) is 11.4 Å². The Labute approximate surface area is 83.7 Å². The van der Waals surface area contributed by atoms with E-state index in [1.807, 2.05) is 11.8 Å². The summed E-state index contributed by atoms with van der Waals surface area (Å²) in [5.41, 5.74) is 7.29. The van der Waals surface area contributed by atoms with Crippen molar-refractivity contribution in [2.24, 2.45) is 11.7 Å². The fourth-order valence-corrected chi connectivity index (χ4v) is 2.24. The Hall–Kier alpha value is -1.19. The molecule has 0 aliphatic carbocycles. The highest BCUT2D eigenvalue weighted by atomic mass is 16.5. The van der Waals surface area contributed by atoms with E-state index in [1.54, 1.807) is 0 Å². The molecule has 0 radical (unpaired) electrons. The van der Waals surface area contributed by atoms with Gasteiger partial charge in [-0.05, 0) is 19.8 Å². The zero-order valence-electron chi connectivity index (χ0n) is 8.45. The molecule has 4 nitrogen and oxygen atoms in total. The van der Waals surface area contributed by atoms with Crippen LogP contribution in [0.25, 0.3) is 0 Å². The van der Waals surface area contributed by atoms with Gasteiger partial charge in [-0.15, -0.1) is 0 Å². The fraction of sp³-hybridized carbons (Fsp3) is 0.700. The Morgan fingerprint density at radius 2 is 2.21 bits per heavy atom. The SMILES string of the molecule is CCOC(=O)C1=C(N)C2CCN1CC2. The van der Waals surface area contributed by atoms with Gasteiger partial charge in [0.05, 0.1) is 6.61 Å². The van der Waals surface area contributed by atoms with Crippen molar-refractivity contribution in [2.45, 2.75) is 19.8 Å². The molecule has 0 amide bonds. The Balaban J connectivity index is 2.23. The maximum Gasteiger partial charge on any atom is 0.356 e. The largest absolute Gasteiger partial charge is 0.461 e. The Morgan fingerprint density at radius 1 is 1.57 bits per heavy atom. The molecule has 0 aromatic carbocycles. The Morgan fingerprint density at radius 3 is 2.71 bits per heavy atom. The highest BCUT2D eigenvalue weighted by Crippen LogP contribution is 2.33. The van der Waals surface area contributed by atoms with Crippen molar-refractivity contribution in [2.75, 3.05) is 19.7 Å². The second-order valence-corrected chi connectivity index (χ2v) is 3.79. The number of piperidine rings is 1. The number of carbonyl (C=O) groups excluding carboxylic acids is 1. The number of ether oxygens (including phenoxy) is 1. The van der Waals surface area contributed by atoms with Crippen LogP contribution in [0.3, 0.4) is 0 Å². The lowest BCUT2D eigenvalue weighted by Crippen LogP contribution is -2.45. The number of esters is 1. The van der Waals surface area contributed by atoms with Crippen molar-refractivity contribution in [3.63, 3.8) is 0 Å². The molecule has 2 N–H and O–H groups in total. The van der Waals surface area contributed by atoms with Crippen LogP contribution in [0.4, 0.5) is 0 Å². The first-order chi connectivity index (χ1) is 6.74. The fourth-order valence-electron chi connectivity index (χ4n) is 2.24. The van der Waals surface area contributed by atoms with Crippen LogP contribution in [-0.4, -0.2) is 30.6 Å². The first-order valence-corrected chi connectivity index (χ1v) is 5.15. The molecule has 1 fully saturated rings. The second-order valence-electron chi connectivity index (χ2n) is 3.79. The molecule has 14 heavy (non-hydrogen) atoms. The minimum atomic E-state index is -0.255. The van der Waals surface area contributed by atoms with Gasteiger partial charge < -0.3 is 15.4 Å². The van der Waals surface area contributed by atoms with Crippen molar-refractivity contribution >= 4 is 5.97 Å². The first kappa shape index (κ1) is 9.37. The lowest BCUT2D eigenvalue weighted by atomic mass is 9.87. The summed E-state index contributed by atoms with van der Waals surface area (Å²) in [6, 6.07) is 0. The average molecular weight is 196 g/mol. The summed E-state index contributed by atoms with van der Waals surface area (Å²) in [7, 11) is 0. The lowest BCUT2D eigenvalue weighted by Gasteiger charge is -2.41. The monoisotopic (exact) mass is 196 g/mol. The molecular weight excluding hydrogens is 180 g/mol. The van der Waals surface area contributed by atoms with Gasteiger partial charge in [-0.3, -0.25) is 0 Å². The van der Waals surface area contributed by atoms with E-state index in [9.17, 15) is 4.79 Å². The predicted molar refractivity (Wildman–Crippen MR) is 52.1 cm³/mol. The summed E-state index contributed by atoms with van der Waals surface area (Å²) in [5, 5.41) is 0. The highest BCUT2D eigenvalue weighted by molar-refractivity contribution is 5.89. The van der Waals surface area contributed by atoms with Crippen LogP contribution in [0.5, 0.6) is 0 Å². The van der Waals surface area contributed by atoms with E-state index >= 15 is 0 Å². The van der Waals surface area contributed by atoms with Gasteiger partial charge in [0.2, 0.25) is 0 Å². The number of fused-ring (bicyclic) bond motifs is 2. The quantitative estimate of drug-likeness (QED) is 0.651. The number of carbonyl (C=O) groups is 1. The normalized spacial score (nSPS) is 21.6. The van der Waals surface area contributed by atoms with E-state index in [2.05, 4.69) is 0 Å². The number of nitrogens with zero attached hydrogens (tertiary/aromatic N) is 1. The summed E-state index contributed by atoms with van der Waals surface area (Å²) in [5.74, 6) is 0.147. The van der Waals surface area contributed by atoms with Crippen LogP contribution in [0.2, 0.25) is 0 Å². The number of allylic oxidation sites excluding steroid dienone is 1. The standard InChI is InChI=1S/C10H16N2O2/c1-2-14-10(13)9-8(11)7-3-5-12(9)6-4-7/h7H,2-6,11H2,1H3. The minimum absolute atomic E-state index is 0.255. The molecule has 78 valence electrons. The first-order valence-electron chi connectivity index (χ1n) is 5.15. The van der Waals surface area contributed by atoms with Crippen LogP contribution < -0.4 is 5.73 Å². The van der Waals surface area contributed by atoms with Crippen molar-refractivity contribution in [1.82, 2.24) is 4.90 Å². The van der Waals surface area contributed by atoms with Crippen LogP contribution in [0.1, 0.15) is 19.8 Å². The molecule has 4 heteroatoms. The second kappa shape index (κ2) is 3.52. The molecule has 3 aliphatic heterocycles. The molecule has 3 heterocycles. The third-order valence-electron chi connectivity index (χ3n) is 2.99. The van der Waals surface area contributed by atoms with Crippen molar-refractivity contribution in [1.29, 1.82) is 0 Å². The lowest BCUT2D eigenvalue weighted by molar-refractivity contribution is -0.141. The van der Waals surface area contributed by atoms with Crippen LogP contribution in [0, 0.1) is 5.92 Å². The molecular formula is C10H16N2O2. The van der Waals surface area contributed by atoms with Gasteiger partial charge in [-0.25, -0.2) is 4.79 Å². The molecule has 0 atom stereocenters. The maximum absolute atomic E-state index is 11.6. The van der Waals surface area contributed by atoms with Gasteiger partial charge in [0.1, 0.15) is 5.70 Å². The summed E-state index contributed by atoms with van der Waals surface area (Å²) >= 11 is 0. The number of hydrogen-bond donors (Lipinski definition) is 1. The summed E-state index contributed by atoms with van der Waals surface area (Å²) in [4.78, 5) is 13.6. The van der Waals surface area contributed by atoms with Crippen LogP contribution >= 0.6 is 0 Å². The van der Waals surface area contributed by atoms with E-state index < -0.39 is 0 Å². The van der Waals surface area contributed by atoms with E-state index in [0.717, 1.165) is 31.6 Å². The third-order valence-corrected chi connectivity index (χ3v) is 2.99. The van der Waals surface area contributed by atoms with E-state index in [4.69, 9.17) is 10.5 Å². The molecule has 2 bridgehead atoms. The maximum atomic E-state index is 11.6. The predicted octanol–water partition coefficient (Wildman–Crippen LogP) is 0.445. The number of nitrogens with two attached hydrogens (primary N) is 1. The molecule has 3 rings (SSSR count). The average Bonchev–Trinajstić information content (AvgIpc) is 2.19. The van der Waals surface area contributed by atoms with Gasteiger partial charge in [0.25, 0.3) is 0 Å². The zero-order chi connectivity index (χ0) is 10.1. The molecule has 1 saturated heterocycles. The van der Waals surface area contributed by atoms with Gasteiger partial charge in [-0.2, -0.15) is 0 Å². The highest BCUT2D eigenvalue weighted by Gasteiger charge is 2.35. The molecule has 0 saturated carbocycles. The van der Waals surface area contributed by atoms with Crippen LogP contribution in [0.15, 0.2) is 11.4 Å². The van der Waals surface area contributed by atoms with Crippen LogP contribution in [-0.2, 0) is 9.53 Å². The molecule has 0 aromatic rings. The molecule has 0 unspecified atom stereocenters. The Kier molecular flexibility index (Phi) is 2.35. The van der Waals surface area contributed by atoms with E-state index in [1.165, 1.54) is 0 Å². The Bertz CT molecular complexity index is 278. The van der Waals surface area contributed by atoms with Gasteiger partial charge in [0, 0.05) is 24.7 Å². The molecule has 0 aromatic heterocycles. The van der Waals surface area contributed by atoms with Gasteiger partial charge in [-0.1, -0.05) is 0 Å². The summed E-state index contributed by atoms with van der Waals surface area (Å²) in [6.07, 6.45) is 2.16. The minimum Gasteiger partial charge on any atom is -0.461 e. The van der Waals surface area contributed by atoms with E-state index in [0.29, 0.717) is 18.2 Å². The van der Waals surface area contributed by atoms with Gasteiger partial charge in [0.15, 0.2) is 0 Å².